The molecule has 17 heavy (non-hydrogen) atoms. The summed E-state index contributed by atoms with van der Waals surface area (Å²) in [4.78, 5) is 11.6. The average Bonchev–Trinajstić information content (AvgIpc) is 2.36. The van der Waals surface area contributed by atoms with Crippen LogP contribution in [0.15, 0.2) is 18.2 Å². The lowest BCUT2D eigenvalue weighted by Crippen LogP contribution is -2.18. The minimum atomic E-state index is 0.0629. The van der Waals surface area contributed by atoms with Gasteiger partial charge in [0.25, 0.3) is 0 Å². The van der Waals surface area contributed by atoms with Crippen LogP contribution in [0.3, 0.4) is 0 Å². The summed E-state index contributed by atoms with van der Waals surface area (Å²) in [5, 5.41) is 0.744. The first-order chi connectivity index (χ1) is 8.08. The highest BCUT2D eigenvalue weighted by Crippen LogP contribution is 2.22. The van der Waals surface area contributed by atoms with E-state index in [0.29, 0.717) is 5.75 Å². The van der Waals surface area contributed by atoms with E-state index in [-0.39, 0.29) is 18.3 Å². The second-order valence-electron chi connectivity index (χ2n) is 4.17. The number of ketones is 1. The first-order valence-corrected chi connectivity index (χ1v) is 6.40. The third-order valence-corrected chi connectivity index (χ3v) is 3.31. The predicted molar refractivity (Wildman–Crippen MR) is 70.8 cm³/mol. The van der Waals surface area contributed by atoms with E-state index in [1.807, 2.05) is 32.9 Å². The van der Waals surface area contributed by atoms with E-state index in [9.17, 15) is 4.79 Å². The molecule has 1 rings (SSSR count). The number of ether oxygens (including phenoxy) is 1. The molecule has 0 aliphatic carbocycles. The van der Waals surface area contributed by atoms with Gasteiger partial charge in [-0.1, -0.05) is 32.4 Å². The predicted octanol–water partition coefficient (Wildman–Crippen LogP) is 3.90. The Hall–Kier alpha value is -1.02. The molecule has 0 saturated heterocycles. The number of carbonyl (C=O) groups is 1. The lowest BCUT2D eigenvalue weighted by Gasteiger charge is -2.10. The van der Waals surface area contributed by atoms with E-state index in [1.54, 1.807) is 6.07 Å². The molecule has 1 aromatic rings. The summed E-state index contributed by atoms with van der Waals surface area (Å²) >= 11 is 6.01. The monoisotopic (exact) mass is 254 g/mol. The highest BCUT2D eigenvalue weighted by Gasteiger charge is 2.11. The van der Waals surface area contributed by atoms with Gasteiger partial charge in [-0.15, -0.1) is 0 Å². The lowest BCUT2D eigenvalue weighted by molar-refractivity contribution is -0.124. The van der Waals surface area contributed by atoms with E-state index in [0.717, 1.165) is 23.4 Å². The number of benzene rings is 1. The molecule has 0 aliphatic heterocycles. The topological polar surface area (TPSA) is 26.3 Å². The SMILES string of the molecule is CCc1cc(OCC(=O)C(C)CC)ccc1Cl. The fraction of sp³-hybridized carbons (Fsp3) is 0.500. The van der Waals surface area contributed by atoms with Crippen molar-refractivity contribution in [2.75, 3.05) is 6.61 Å². The third-order valence-electron chi connectivity index (χ3n) is 2.94. The van der Waals surface area contributed by atoms with Crippen molar-refractivity contribution in [1.29, 1.82) is 0 Å². The van der Waals surface area contributed by atoms with Gasteiger partial charge in [0.2, 0.25) is 0 Å². The van der Waals surface area contributed by atoms with Crippen LogP contribution >= 0.6 is 11.6 Å². The van der Waals surface area contributed by atoms with Crippen LogP contribution in [0.1, 0.15) is 32.8 Å². The molecule has 0 spiro atoms. The maximum absolute atomic E-state index is 11.6. The molecule has 0 heterocycles. The number of Topliss-reactive ketones (excluding diaryl/α,β-unsaturated/α-hetero) is 1. The van der Waals surface area contributed by atoms with Crippen LogP contribution < -0.4 is 4.74 Å². The van der Waals surface area contributed by atoms with Gasteiger partial charge in [0.1, 0.15) is 12.4 Å². The Morgan fingerprint density at radius 3 is 2.71 bits per heavy atom. The largest absolute Gasteiger partial charge is 0.486 e. The van der Waals surface area contributed by atoms with Crippen molar-refractivity contribution in [3.8, 4) is 5.75 Å². The molecule has 1 aromatic carbocycles. The van der Waals surface area contributed by atoms with Crippen LogP contribution in [0, 0.1) is 5.92 Å². The van der Waals surface area contributed by atoms with Crippen LogP contribution in [-0.4, -0.2) is 12.4 Å². The van der Waals surface area contributed by atoms with Gasteiger partial charge in [0.05, 0.1) is 0 Å². The molecule has 0 aromatic heterocycles. The number of rotatable bonds is 6. The highest BCUT2D eigenvalue weighted by molar-refractivity contribution is 6.31. The molecule has 0 radical (unpaired) electrons. The summed E-state index contributed by atoms with van der Waals surface area (Å²) in [7, 11) is 0. The van der Waals surface area contributed by atoms with Gasteiger partial charge in [-0.3, -0.25) is 4.79 Å². The zero-order valence-corrected chi connectivity index (χ0v) is 11.4. The van der Waals surface area contributed by atoms with Crippen molar-refractivity contribution in [2.24, 2.45) is 5.92 Å². The van der Waals surface area contributed by atoms with Crippen molar-refractivity contribution >= 4 is 17.4 Å². The zero-order valence-electron chi connectivity index (χ0n) is 10.6. The van der Waals surface area contributed by atoms with E-state index < -0.39 is 0 Å². The molecular formula is C14H19ClO2. The van der Waals surface area contributed by atoms with Crippen molar-refractivity contribution in [1.82, 2.24) is 0 Å². The summed E-state index contributed by atoms with van der Waals surface area (Å²) in [5.41, 5.74) is 1.04. The number of aryl methyl sites for hydroxylation is 1. The average molecular weight is 255 g/mol. The minimum Gasteiger partial charge on any atom is -0.486 e. The van der Waals surface area contributed by atoms with Gasteiger partial charge in [-0.05, 0) is 36.6 Å². The number of halogens is 1. The fourth-order valence-electron chi connectivity index (χ4n) is 1.44. The maximum Gasteiger partial charge on any atom is 0.172 e. The quantitative estimate of drug-likeness (QED) is 0.770. The maximum atomic E-state index is 11.6. The molecule has 0 N–H and O–H groups in total. The van der Waals surface area contributed by atoms with Gasteiger partial charge >= 0.3 is 0 Å². The number of hydrogen-bond acceptors (Lipinski definition) is 2. The van der Waals surface area contributed by atoms with Gasteiger partial charge < -0.3 is 4.74 Å². The number of hydrogen-bond donors (Lipinski definition) is 0. The van der Waals surface area contributed by atoms with Crippen LogP contribution in [0.4, 0.5) is 0 Å². The second kappa shape index (κ2) is 6.65. The van der Waals surface area contributed by atoms with Gasteiger partial charge in [0, 0.05) is 10.9 Å². The highest BCUT2D eigenvalue weighted by atomic mass is 35.5. The van der Waals surface area contributed by atoms with Crippen molar-refractivity contribution in [2.45, 2.75) is 33.6 Å². The summed E-state index contributed by atoms with van der Waals surface area (Å²) in [6.45, 7) is 6.10. The molecule has 2 nitrogen and oxygen atoms in total. The Balaban J connectivity index is 2.61. The fourth-order valence-corrected chi connectivity index (χ4v) is 1.69. The van der Waals surface area contributed by atoms with Gasteiger partial charge in [-0.2, -0.15) is 0 Å². The number of carbonyl (C=O) groups excluding carboxylic acids is 1. The second-order valence-corrected chi connectivity index (χ2v) is 4.58. The third kappa shape index (κ3) is 4.04. The van der Waals surface area contributed by atoms with E-state index in [4.69, 9.17) is 16.3 Å². The summed E-state index contributed by atoms with van der Waals surface area (Å²) in [6, 6.07) is 5.50. The Kier molecular flexibility index (Phi) is 5.49. The molecule has 0 aliphatic rings. The van der Waals surface area contributed by atoms with E-state index in [2.05, 4.69) is 0 Å². The molecule has 0 fully saturated rings. The molecule has 0 bridgehead atoms. The van der Waals surface area contributed by atoms with Crippen LogP contribution in [0.25, 0.3) is 0 Å². The van der Waals surface area contributed by atoms with Crippen molar-refractivity contribution < 1.29 is 9.53 Å². The van der Waals surface area contributed by atoms with Crippen LogP contribution in [0.2, 0.25) is 5.02 Å². The van der Waals surface area contributed by atoms with Crippen molar-refractivity contribution in [3.63, 3.8) is 0 Å². The molecule has 0 amide bonds. The molecule has 1 unspecified atom stereocenters. The molecule has 1 atom stereocenters. The van der Waals surface area contributed by atoms with E-state index >= 15 is 0 Å². The Morgan fingerprint density at radius 1 is 1.41 bits per heavy atom. The van der Waals surface area contributed by atoms with Crippen molar-refractivity contribution in [3.05, 3.63) is 28.8 Å². The molecule has 0 saturated carbocycles. The van der Waals surface area contributed by atoms with E-state index in [1.165, 1.54) is 0 Å². The van der Waals surface area contributed by atoms with Crippen LogP contribution in [0.5, 0.6) is 5.75 Å². The Bertz CT molecular complexity index is 388. The molecule has 94 valence electrons. The summed E-state index contributed by atoms with van der Waals surface area (Å²) in [6.07, 6.45) is 1.71. The molecule has 3 heteroatoms. The zero-order chi connectivity index (χ0) is 12.8. The summed E-state index contributed by atoms with van der Waals surface area (Å²) in [5.74, 6) is 0.913. The Labute approximate surface area is 108 Å². The first-order valence-electron chi connectivity index (χ1n) is 6.02. The Morgan fingerprint density at radius 2 is 2.12 bits per heavy atom. The smallest absolute Gasteiger partial charge is 0.172 e. The van der Waals surface area contributed by atoms with Crippen LogP contribution in [-0.2, 0) is 11.2 Å². The normalized spacial score (nSPS) is 12.2. The minimum absolute atomic E-state index is 0.0629. The first kappa shape index (κ1) is 14.0. The van der Waals surface area contributed by atoms with Gasteiger partial charge in [-0.25, -0.2) is 0 Å². The lowest BCUT2D eigenvalue weighted by atomic mass is 10.0. The molecular weight excluding hydrogens is 236 g/mol. The standard InChI is InChI=1S/C14H19ClO2/c1-4-10(3)14(16)9-17-12-6-7-13(15)11(5-2)8-12/h6-8,10H,4-5,9H2,1-3H3. The summed E-state index contributed by atoms with van der Waals surface area (Å²) < 4.78 is 5.48. The van der Waals surface area contributed by atoms with Gasteiger partial charge in [0.15, 0.2) is 5.78 Å².